The second-order valence-electron chi connectivity index (χ2n) is 4.59. The number of ether oxygens (including phenoxy) is 1. The Morgan fingerprint density at radius 3 is 2.50 bits per heavy atom. The van der Waals surface area contributed by atoms with E-state index in [9.17, 15) is 8.78 Å². The molecule has 0 aliphatic rings. The van der Waals surface area contributed by atoms with E-state index in [1.165, 1.54) is 12.1 Å². The molecule has 1 aromatic rings. The third kappa shape index (κ3) is 4.50. The van der Waals surface area contributed by atoms with Crippen molar-refractivity contribution in [2.45, 2.75) is 45.8 Å². The van der Waals surface area contributed by atoms with E-state index in [0.29, 0.717) is 6.61 Å². The van der Waals surface area contributed by atoms with Crippen LogP contribution < -0.4 is 5.32 Å². The molecule has 0 saturated carbocycles. The van der Waals surface area contributed by atoms with E-state index in [1.54, 1.807) is 0 Å². The predicted octanol–water partition coefficient (Wildman–Crippen LogP) is 4.06. The van der Waals surface area contributed by atoms with Gasteiger partial charge in [-0.2, -0.15) is 0 Å². The van der Waals surface area contributed by atoms with Crippen molar-refractivity contribution in [1.82, 2.24) is 5.32 Å². The fourth-order valence-electron chi connectivity index (χ4n) is 2.31. The highest BCUT2D eigenvalue weighted by atomic mass is 79.9. The lowest BCUT2D eigenvalue weighted by Crippen LogP contribution is -2.43. The van der Waals surface area contributed by atoms with Crippen molar-refractivity contribution >= 4 is 15.9 Å². The Hall–Kier alpha value is -0.520. The van der Waals surface area contributed by atoms with Gasteiger partial charge in [0.25, 0.3) is 0 Å². The van der Waals surface area contributed by atoms with E-state index in [2.05, 4.69) is 21.2 Å². The van der Waals surface area contributed by atoms with Gasteiger partial charge in [0.05, 0.1) is 10.6 Å². The minimum atomic E-state index is -0.528. The summed E-state index contributed by atoms with van der Waals surface area (Å²) in [5.74, 6) is -1.04. The molecule has 0 saturated heterocycles. The highest BCUT2D eigenvalue weighted by Crippen LogP contribution is 2.24. The van der Waals surface area contributed by atoms with Gasteiger partial charge in [0.2, 0.25) is 0 Å². The molecule has 0 aromatic heterocycles. The standard InChI is InChI=1S/C15H22BrF2NO/c1-4-14(20-6-3)13(19-5-2)9-10-12(17)8-7-11(16)15(10)18/h7-8,13-14,19H,4-6,9H2,1-3H3. The fraction of sp³-hybridized carbons (Fsp3) is 0.600. The number of likely N-dealkylation sites (N-methyl/N-ethyl adjacent to an activating group) is 1. The molecule has 2 nitrogen and oxygen atoms in total. The van der Waals surface area contributed by atoms with Crippen molar-refractivity contribution in [1.29, 1.82) is 0 Å². The van der Waals surface area contributed by atoms with E-state index in [-0.39, 0.29) is 28.6 Å². The highest BCUT2D eigenvalue weighted by Gasteiger charge is 2.23. The minimum Gasteiger partial charge on any atom is -0.377 e. The largest absolute Gasteiger partial charge is 0.377 e. The fourth-order valence-corrected chi connectivity index (χ4v) is 2.68. The smallest absolute Gasteiger partial charge is 0.143 e. The first-order chi connectivity index (χ1) is 9.54. The van der Waals surface area contributed by atoms with Crippen LogP contribution in [0.15, 0.2) is 16.6 Å². The molecule has 1 N–H and O–H groups in total. The Labute approximate surface area is 128 Å². The molecule has 0 fully saturated rings. The number of nitrogens with one attached hydrogen (secondary N) is 1. The molecule has 0 radical (unpaired) electrons. The zero-order valence-electron chi connectivity index (χ0n) is 12.2. The molecule has 20 heavy (non-hydrogen) atoms. The SMILES string of the molecule is CCNC(Cc1c(F)ccc(Br)c1F)C(CC)OCC. The molecule has 1 aromatic carbocycles. The zero-order chi connectivity index (χ0) is 15.1. The summed E-state index contributed by atoms with van der Waals surface area (Å²) in [7, 11) is 0. The monoisotopic (exact) mass is 349 g/mol. The van der Waals surface area contributed by atoms with Crippen LogP contribution in [0.5, 0.6) is 0 Å². The summed E-state index contributed by atoms with van der Waals surface area (Å²) in [6.45, 7) is 7.22. The van der Waals surface area contributed by atoms with Gasteiger partial charge >= 0.3 is 0 Å². The summed E-state index contributed by atoms with van der Waals surface area (Å²) in [5, 5.41) is 3.27. The normalized spacial score (nSPS) is 14.3. The van der Waals surface area contributed by atoms with Crippen LogP contribution in [0.3, 0.4) is 0 Å². The van der Waals surface area contributed by atoms with Crippen LogP contribution in [-0.4, -0.2) is 25.3 Å². The zero-order valence-corrected chi connectivity index (χ0v) is 13.8. The van der Waals surface area contributed by atoms with Gasteiger partial charge in [0, 0.05) is 18.2 Å². The Balaban J connectivity index is 2.98. The van der Waals surface area contributed by atoms with Crippen molar-refractivity contribution in [3.05, 3.63) is 33.8 Å². The molecular formula is C15H22BrF2NO. The molecule has 0 aliphatic heterocycles. The molecule has 1 rings (SSSR count). The quantitative estimate of drug-likeness (QED) is 0.714. The summed E-state index contributed by atoms with van der Waals surface area (Å²) in [5.41, 5.74) is 0.100. The molecule has 0 amide bonds. The van der Waals surface area contributed by atoms with Crippen molar-refractivity contribution in [2.24, 2.45) is 0 Å². The van der Waals surface area contributed by atoms with Gasteiger partial charge in [-0.25, -0.2) is 8.78 Å². The molecule has 2 atom stereocenters. The first kappa shape index (κ1) is 17.5. The maximum Gasteiger partial charge on any atom is 0.143 e. The van der Waals surface area contributed by atoms with Crippen molar-refractivity contribution in [3.63, 3.8) is 0 Å². The second-order valence-corrected chi connectivity index (χ2v) is 5.45. The molecule has 2 unspecified atom stereocenters. The number of hydrogen-bond acceptors (Lipinski definition) is 2. The van der Waals surface area contributed by atoms with E-state index >= 15 is 0 Å². The Kier molecular flexibility index (Phi) is 7.62. The highest BCUT2D eigenvalue weighted by molar-refractivity contribution is 9.10. The predicted molar refractivity (Wildman–Crippen MR) is 80.9 cm³/mol. The lowest BCUT2D eigenvalue weighted by Gasteiger charge is -2.27. The summed E-state index contributed by atoms with van der Waals surface area (Å²) < 4.78 is 33.9. The summed E-state index contributed by atoms with van der Waals surface area (Å²) in [4.78, 5) is 0. The molecule has 0 heterocycles. The number of rotatable bonds is 8. The first-order valence-corrected chi connectivity index (χ1v) is 7.81. The third-order valence-electron chi connectivity index (χ3n) is 3.26. The number of halogens is 3. The van der Waals surface area contributed by atoms with Crippen molar-refractivity contribution < 1.29 is 13.5 Å². The average Bonchev–Trinajstić information content (AvgIpc) is 2.44. The lowest BCUT2D eigenvalue weighted by atomic mass is 9.98. The summed E-state index contributed by atoms with van der Waals surface area (Å²) >= 11 is 3.10. The Morgan fingerprint density at radius 2 is 1.95 bits per heavy atom. The van der Waals surface area contributed by atoms with Crippen LogP contribution in [0.4, 0.5) is 8.78 Å². The Bertz CT molecular complexity index is 429. The molecule has 0 spiro atoms. The molecule has 5 heteroatoms. The van der Waals surface area contributed by atoms with Gasteiger partial charge < -0.3 is 10.1 Å². The van der Waals surface area contributed by atoms with Crippen LogP contribution in [0, 0.1) is 11.6 Å². The second kappa shape index (κ2) is 8.70. The van der Waals surface area contributed by atoms with Crippen LogP contribution in [0.1, 0.15) is 32.8 Å². The molecule has 114 valence electrons. The number of hydrogen-bond donors (Lipinski definition) is 1. The van der Waals surface area contributed by atoms with Crippen LogP contribution in [-0.2, 0) is 11.2 Å². The van der Waals surface area contributed by atoms with Gasteiger partial charge in [-0.15, -0.1) is 0 Å². The average molecular weight is 350 g/mol. The van der Waals surface area contributed by atoms with Crippen LogP contribution >= 0.6 is 15.9 Å². The van der Waals surface area contributed by atoms with Gasteiger partial charge in [-0.05, 0) is 54.4 Å². The maximum atomic E-state index is 14.1. The molecular weight excluding hydrogens is 328 g/mol. The summed E-state index contributed by atoms with van der Waals surface area (Å²) in [6, 6.07) is 2.56. The third-order valence-corrected chi connectivity index (χ3v) is 3.87. The van der Waals surface area contributed by atoms with E-state index in [1.807, 2.05) is 20.8 Å². The van der Waals surface area contributed by atoms with Gasteiger partial charge in [0.15, 0.2) is 0 Å². The van der Waals surface area contributed by atoms with E-state index in [4.69, 9.17) is 4.74 Å². The number of benzene rings is 1. The van der Waals surface area contributed by atoms with Crippen LogP contribution in [0.25, 0.3) is 0 Å². The van der Waals surface area contributed by atoms with Gasteiger partial charge in [0.1, 0.15) is 11.6 Å². The van der Waals surface area contributed by atoms with E-state index in [0.717, 1.165) is 13.0 Å². The maximum absolute atomic E-state index is 14.1. The molecule has 0 bridgehead atoms. The first-order valence-electron chi connectivity index (χ1n) is 7.02. The summed E-state index contributed by atoms with van der Waals surface area (Å²) in [6.07, 6.45) is 1.00. The van der Waals surface area contributed by atoms with Crippen molar-refractivity contribution in [2.75, 3.05) is 13.2 Å². The van der Waals surface area contributed by atoms with Gasteiger partial charge in [-0.1, -0.05) is 13.8 Å². The Morgan fingerprint density at radius 1 is 1.25 bits per heavy atom. The van der Waals surface area contributed by atoms with E-state index < -0.39 is 11.6 Å². The van der Waals surface area contributed by atoms with Gasteiger partial charge in [-0.3, -0.25) is 0 Å². The lowest BCUT2D eigenvalue weighted by molar-refractivity contribution is 0.0319. The van der Waals surface area contributed by atoms with Crippen LogP contribution in [0.2, 0.25) is 0 Å². The topological polar surface area (TPSA) is 21.3 Å². The molecule has 0 aliphatic carbocycles. The van der Waals surface area contributed by atoms with Crippen molar-refractivity contribution in [3.8, 4) is 0 Å². The minimum absolute atomic E-state index is 0.0577.